The first-order valence-electron chi connectivity index (χ1n) is 11.1. The third-order valence-corrected chi connectivity index (χ3v) is 6.54. The van der Waals surface area contributed by atoms with Crippen molar-refractivity contribution in [1.82, 2.24) is 4.90 Å². The smallest absolute Gasteiger partial charge is 0.282 e. The van der Waals surface area contributed by atoms with E-state index in [0.29, 0.717) is 19.2 Å². The largest absolute Gasteiger partial charge is 0.380 e. The highest BCUT2D eigenvalue weighted by Gasteiger charge is 2.31. The monoisotopic (exact) mass is 401 g/mol. The van der Waals surface area contributed by atoms with Crippen molar-refractivity contribution in [3.63, 3.8) is 0 Å². The number of hydrogen-bond donors (Lipinski definition) is 1. The maximum atomic E-state index is 12.9. The van der Waals surface area contributed by atoms with Gasteiger partial charge in [0.05, 0.1) is 23.2 Å². The van der Waals surface area contributed by atoms with Gasteiger partial charge in [-0.15, -0.1) is 0 Å². The lowest BCUT2D eigenvalue weighted by Gasteiger charge is -2.34. The summed E-state index contributed by atoms with van der Waals surface area (Å²) >= 11 is 0. The predicted octanol–water partition coefficient (Wildman–Crippen LogP) is 4.51. The van der Waals surface area contributed by atoms with Crippen LogP contribution in [-0.4, -0.2) is 47.1 Å². The van der Waals surface area contributed by atoms with Crippen molar-refractivity contribution in [2.75, 3.05) is 18.4 Å². The van der Waals surface area contributed by atoms with Crippen molar-refractivity contribution < 1.29 is 14.5 Å². The number of rotatable bonds is 6. The van der Waals surface area contributed by atoms with Crippen LogP contribution in [0.15, 0.2) is 18.2 Å². The van der Waals surface area contributed by atoms with E-state index in [-0.39, 0.29) is 29.3 Å². The van der Waals surface area contributed by atoms with Crippen LogP contribution in [0, 0.1) is 10.1 Å². The molecule has 4 rings (SSSR count). The molecule has 1 N–H and O–H groups in total. The van der Waals surface area contributed by atoms with E-state index < -0.39 is 4.92 Å². The van der Waals surface area contributed by atoms with Gasteiger partial charge in [0.1, 0.15) is 5.56 Å². The highest BCUT2D eigenvalue weighted by Crippen LogP contribution is 2.31. The van der Waals surface area contributed by atoms with E-state index in [0.717, 1.165) is 50.6 Å². The Hall–Kier alpha value is -2.15. The fourth-order valence-electron chi connectivity index (χ4n) is 4.96. The van der Waals surface area contributed by atoms with Crippen molar-refractivity contribution in [1.29, 1.82) is 0 Å². The van der Waals surface area contributed by atoms with Gasteiger partial charge in [-0.05, 0) is 50.7 Å². The molecule has 1 saturated heterocycles. The van der Waals surface area contributed by atoms with Crippen LogP contribution in [0.4, 0.5) is 11.4 Å². The number of nitro groups is 1. The summed E-state index contributed by atoms with van der Waals surface area (Å²) in [5.74, 6) is -0.236. The summed E-state index contributed by atoms with van der Waals surface area (Å²) in [5.41, 5.74) is 0.839. The highest BCUT2D eigenvalue weighted by atomic mass is 16.6. The molecule has 158 valence electrons. The van der Waals surface area contributed by atoms with Gasteiger partial charge in [-0.3, -0.25) is 14.9 Å². The van der Waals surface area contributed by atoms with Gasteiger partial charge in [0.15, 0.2) is 0 Å². The second-order valence-corrected chi connectivity index (χ2v) is 8.60. The van der Waals surface area contributed by atoms with E-state index in [9.17, 15) is 14.9 Å². The molecule has 0 spiro atoms. The number of nitrogens with zero attached hydrogens (tertiary/aromatic N) is 2. The first-order valence-corrected chi connectivity index (χ1v) is 11.1. The van der Waals surface area contributed by atoms with Gasteiger partial charge < -0.3 is 15.0 Å². The Labute approximate surface area is 171 Å². The number of benzene rings is 1. The molecule has 7 heteroatoms. The SMILES string of the molecule is O=C(c1cc(N[C@H]2CCCC[C@H]2OC2CCCC2)ccc1[N+](=O)[O-])N1CCCC1. The number of likely N-dealkylation sites (tertiary alicyclic amines) is 1. The van der Waals surface area contributed by atoms with E-state index in [4.69, 9.17) is 4.74 Å². The van der Waals surface area contributed by atoms with Gasteiger partial charge in [-0.1, -0.05) is 25.7 Å². The lowest BCUT2D eigenvalue weighted by atomic mass is 9.91. The Morgan fingerprint density at radius 1 is 1.03 bits per heavy atom. The van der Waals surface area contributed by atoms with Crippen LogP contribution in [0.3, 0.4) is 0 Å². The maximum Gasteiger partial charge on any atom is 0.282 e. The summed E-state index contributed by atoms with van der Waals surface area (Å²) in [4.78, 5) is 25.6. The Morgan fingerprint density at radius 2 is 1.72 bits per heavy atom. The van der Waals surface area contributed by atoms with Crippen molar-refractivity contribution >= 4 is 17.3 Å². The van der Waals surface area contributed by atoms with Crippen LogP contribution in [0.25, 0.3) is 0 Å². The molecule has 29 heavy (non-hydrogen) atoms. The van der Waals surface area contributed by atoms with Crippen LogP contribution in [0.2, 0.25) is 0 Å². The molecule has 1 aromatic rings. The van der Waals surface area contributed by atoms with Gasteiger partial charge in [0.2, 0.25) is 0 Å². The molecular formula is C22H31N3O4. The molecule has 0 unspecified atom stereocenters. The molecule has 2 aliphatic carbocycles. The molecule has 2 atom stereocenters. The molecule has 1 amide bonds. The normalized spacial score (nSPS) is 25.3. The molecule has 3 fully saturated rings. The molecule has 0 aromatic heterocycles. The first kappa shape index (κ1) is 20.1. The van der Waals surface area contributed by atoms with Crippen LogP contribution in [0.1, 0.15) is 74.6 Å². The third kappa shape index (κ3) is 4.71. The molecule has 3 aliphatic rings. The zero-order valence-corrected chi connectivity index (χ0v) is 17.0. The van der Waals surface area contributed by atoms with E-state index in [2.05, 4.69) is 5.32 Å². The van der Waals surface area contributed by atoms with Crippen molar-refractivity contribution in [3.05, 3.63) is 33.9 Å². The highest BCUT2D eigenvalue weighted by molar-refractivity contribution is 5.99. The fraction of sp³-hybridized carbons (Fsp3) is 0.682. The van der Waals surface area contributed by atoms with Crippen LogP contribution in [-0.2, 0) is 4.74 Å². The Kier molecular flexibility index (Phi) is 6.33. The summed E-state index contributed by atoms with van der Waals surface area (Å²) in [5, 5.41) is 15.0. The lowest BCUT2D eigenvalue weighted by Crippen LogP contribution is -2.40. The number of carbonyl (C=O) groups is 1. The number of nitrogens with one attached hydrogen (secondary N) is 1. The van der Waals surface area contributed by atoms with E-state index in [1.807, 2.05) is 0 Å². The van der Waals surface area contributed by atoms with Crippen molar-refractivity contribution in [3.8, 4) is 0 Å². The van der Waals surface area contributed by atoms with Gasteiger partial charge in [0, 0.05) is 24.8 Å². The predicted molar refractivity (Wildman–Crippen MR) is 111 cm³/mol. The lowest BCUT2D eigenvalue weighted by molar-refractivity contribution is -0.385. The summed E-state index contributed by atoms with van der Waals surface area (Å²) in [6, 6.07) is 5.03. The summed E-state index contributed by atoms with van der Waals surface area (Å²) in [6.45, 7) is 1.35. The molecule has 1 heterocycles. The zero-order chi connectivity index (χ0) is 20.2. The average molecular weight is 402 g/mol. The minimum atomic E-state index is -0.459. The molecule has 1 aliphatic heterocycles. The number of carbonyl (C=O) groups excluding carboxylic acids is 1. The minimum absolute atomic E-state index is 0.116. The molecule has 0 bridgehead atoms. The summed E-state index contributed by atoms with van der Waals surface area (Å²) < 4.78 is 6.41. The number of hydrogen-bond acceptors (Lipinski definition) is 5. The van der Waals surface area contributed by atoms with Gasteiger partial charge in [0.25, 0.3) is 11.6 Å². The molecule has 7 nitrogen and oxygen atoms in total. The summed E-state index contributed by atoms with van der Waals surface area (Å²) in [6.07, 6.45) is 11.6. The number of ether oxygens (including phenoxy) is 1. The van der Waals surface area contributed by atoms with E-state index in [1.165, 1.54) is 25.3 Å². The molecular weight excluding hydrogens is 370 g/mol. The van der Waals surface area contributed by atoms with Crippen molar-refractivity contribution in [2.45, 2.75) is 82.5 Å². The Balaban J connectivity index is 1.51. The van der Waals surface area contributed by atoms with Gasteiger partial charge >= 0.3 is 0 Å². The number of amides is 1. The quantitative estimate of drug-likeness (QED) is 0.560. The second kappa shape index (κ2) is 9.11. The Bertz CT molecular complexity index is 742. The van der Waals surface area contributed by atoms with Crippen molar-refractivity contribution in [2.24, 2.45) is 0 Å². The fourth-order valence-corrected chi connectivity index (χ4v) is 4.96. The third-order valence-electron chi connectivity index (χ3n) is 6.54. The average Bonchev–Trinajstić information content (AvgIpc) is 3.43. The number of nitro benzene ring substituents is 1. The molecule has 0 radical (unpaired) electrons. The van der Waals surface area contributed by atoms with E-state index >= 15 is 0 Å². The molecule has 1 aromatic carbocycles. The second-order valence-electron chi connectivity index (χ2n) is 8.60. The zero-order valence-electron chi connectivity index (χ0n) is 17.0. The van der Waals surface area contributed by atoms with Gasteiger partial charge in [-0.2, -0.15) is 0 Å². The topological polar surface area (TPSA) is 84.7 Å². The Morgan fingerprint density at radius 3 is 2.45 bits per heavy atom. The minimum Gasteiger partial charge on any atom is -0.380 e. The summed E-state index contributed by atoms with van der Waals surface area (Å²) in [7, 11) is 0. The molecule has 2 saturated carbocycles. The number of anilines is 1. The van der Waals surface area contributed by atoms with Crippen LogP contribution < -0.4 is 5.32 Å². The standard InChI is InChI=1S/C22H31N3O4/c26-22(24-13-5-6-14-24)18-15-16(11-12-20(18)25(27)28)23-19-9-3-4-10-21(19)29-17-7-1-2-8-17/h11-12,15,17,19,21,23H,1-10,13-14H2/t19-,21+/m0/s1. The van der Waals surface area contributed by atoms with Crippen LogP contribution >= 0.6 is 0 Å². The van der Waals surface area contributed by atoms with Gasteiger partial charge in [-0.25, -0.2) is 0 Å². The van der Waals surface area contributed by atoms with Crippen LogP contribution in [0.5, 0.6) is 0 Å². The van der Waals surface area contributed by atoms with E-state index in [1.54, 1.807) is 17.0 Å². The maximum absolute atomic E-state index is 12.9. The first-order chi connectivity index (χ1) is 14.1.